The topological polar surface area (TPSA) is 164 Å². The van der Waals surface area contributed by atoms with E-state index in [9.17, 15) is 26.4 Å². The zero-order chi connectivity index (χ0) is 24.4. The Morgan fingerprint density at radius 2 is 1.67 bits per heavy atom. The van der Waals surface area contributed by atoms with Crippen LogP contribution in [0, 0.1) is 0 Å². The molecule has 3 rings (SSSR count). The van der Waals surface area contributed by atoms with Crippen LogP contribution >= 0.6 is 11.3 Å². The van der Waals surface area contributed by atoms with Crippen molar-refractivity contribution in [3.63, 3.8) is 0 Å². The third-order valence-corrected chi connectivity index (χ3v) is 8.02. The fourth-order valence-electron chi connectivity index (χ4n) is 2.83. The number of fused-ring (bicyclic) bond motifs is 1. The molecule has 11 nitrogen and oxygen atoms in total. The molecule has 0 spiro atoms. The van der Waals surface area contributed by atoms with Crippen LogP contribution in [-0.4, -0.2) is 53.3 Å². The number of amides is 1. The highest BCUT2D eigenvalue weighted by molar-refractivity contribution is 7.92. The number of sulfonamides is 1. The largest absolute Gasteiger partial charge is 0.497 e. The number of ether oxygens (including phenoxy) is 2. The third kappa shape index (κ3) is 5.65. The summed E-state index contributed by atoms with van der Waals surface area (Å²) in [6, 6.07) is 9.46. The van der Waals surface area contributed by atoms with Crippen LogP contribution < -0.4 is 14.7 Å². The molecule has 0 saturated heterocycles. The average Bonchev–Trinajstić information content (AvgIpc) is 3.08. The standard InChI is InChI=1S/C19H19N3O8S3/c1-29-12-3-5-13(6-4-12)32(25,26)11-17(23)21-19-22(10-18(24)30-2)15-8-7-14(33(20,27)28)9-16(15)31-19/h3-9H,10-11H2,1-2H3,(H2,20,27,28). The number of hydrogen-bond acceptors (Lipinski definition) is 9. The van der Waals surface area contributed by atoms with Gasteiger partial charge >= 0.3 is 5.97 Å². The van der Waals surface area contributed by atoms with Gasteiger partial charge in [-0.25, -0.2) is 22.0 Å². The summed E-state index contributed by atoms with van der Waals surface area (Å²) in [6.07, 6.45) is 0. The Morgan fingerprint density at radius 1 is 1.03 bits per heavy atom. The van der Waals surface area contributed by atoms with Gasteiger partial charge in [0.1, 0.15) is 18.0 Å². The van der Waals surface area contributed by atoms with Crippen LogP contribution in [0.5, 0.6) is 5.75 Å². The van der Waals surface area contributed by atoms with E-state index in [4.69, 9.17) is 9.88 Å². The molecule has 1 aromatic heterocycles. The molecule has 2 N–H and O–H groups in total. The van der Waals surface area contributed by atoms with E-state index < -0.39 is 37.5 Å². The van der Waals surface area contributed by atoms with Gasteiger partial charge in [0, 0.05) is 0 Å². The first kappa shape index (κ1) is 24.6. The number of carbonyl (C=O) groups excluding carboxylic acids is 2. The highest BCUT2D eigenvalue weighted by Gasteiger charge is 2.20. The minimum absolute atomic E-state index is 0.00287. The Kier molecular flexibility index (Phi) is 7.02. The van der Waals surface area contributed by atoms with E-state index in [0.717, 1.165) is 11.3 Å². The van der Waals surface area contributed by atoms with E-state index in [-0.39, 0.29) is 21.1 Å². The van der Waals surface area contributed by atoms with Gasteiger partial charge < -0.3 is 14.0 Å². The highest BCUT2D eigenvalue weighted by atomic mass is 32.2. The molecule has 0 aliphatic rings. The molecule has 0 saturated carbocycles. The quantitative estimate of drug-likeness (QED) is 0.444. The van der Waals surface area contributed by atoms with E-state index in [1.165, 1.54) is 61.3 Å². The summed E-state index contributed by atoms with van der Waals surface area (Å²) in [7, 11) is -5.36. The predicted octanol–water partition coefficient (Wildman–Crippen LogP) is 0.433. The van der Waals surface area contributed by atoms with E-state index in [1.54, 1.807) is 0 Å². The maximum atomic E-state index is 12.6. The van der Waals surface area contributed by atoms with Gasteiger partial charge in [-0.15, -0.1) is 0 Å². The lowest BCUT2D eigenvalue weighted by Crippen LogP contribution is -2.24. The summed E-state index contributed by atoms with van der Waals surface area (Å²) in [5, 5.41) is 5.16. The molecule has 0 unspecified atom stereocenters. The molecule has 33 heavy (non-hydrogen) atoms. The van der Waals surface area contributed by atoms with Gasteiger partial charge in [0.05, 0.1) is 34.2 Å². The average molecular weight is 514 g/mol. The van der Waals surface area contributed by atoms with Crippen LogP contribution in [0.2, 0.25) is 0 Å². The Morgan fingerprint density at radius 3 is 2.24 bits per heavy atom. The minimum atomic E-state index is -3.99. The smallest absolute Gasteiger partial charge is 0.325 e. The number of nitrogens with zero attached hydrogens (tertiary/aromatic N) is 2. The van der Waals surface area contributed by atoms with Crippen molar-refractivity contribution in [1.82, 2.24) is 4.57 Å². The molecule has 1 heterocycles. The Labute approximate surface area is 193 Å². The first-order chi connectivity index (χ1) is 15.4. The van der Waals surface area contributed by atoms with E-state index in [1.807, 2.05) is 0 Å². The van der Waals surface area contributed by atoms with Crippen LogP contribution in [0.4, 0.5) is 0 Å². The van der Waals surface area contributed by atoms with Crippen LogP contribution in [0.25, 0.3) is 10.2 Å². The van der Waals surface area contributed by atoms with Crippen molar-refractivity contribution in [2.45, 2.75) is 16.3 Å². The van der Waals surface area contributed by atoms with Gasteiger partial charge in [-0.05, 0) is 42.5 Å². The summed E-state index contributed by atoms with van der Waals surface area (Å²) in [5.74, 6) is -2.07. The number of aromatic nitrogens is 1. The lowest BCUT2D eigenvalue weighted by molar-refractivity contribution is -0.141. The number of methoxy groups -OCH3 is 2. The molecule has 2 aromatic carbocycles. The van der Waals surface area contributed by atoms with Gasteiger partial charge in [-0.2, -0.15) is 4.99 Å². The third-order valence-electron chi connectivity index (χ3n) is 4.45. The fourth-order valence-corrected chi connectivity index (χ4v) is 5.64. The highest BCUT2D eigenvalue weighted by Crippen LogP contribution is 2.22. The molecule has 1 amide bonds. The zero-order valence-corrected chi connectivity index (χ0v) is 19.9. The lowest BCUT2D eigenvalue weighted by Gasteiger charge is -2.05. The van der Waals surface area contributed by atoms with E-state index in [0.29, 0.717) is 16.0 Å². The molecule has 0 fully saturated rings. The number of sulfone groups is 1. The minimum Gasteiger partial charge on any atom is -0.497 e. The van der Waals surface area contributed by atoms with Crippen LogP contribution in [0.1, 0.15) is 0 Å². The first-order valence-electron chi connectivity index (χ1n) is 9.12. The molecule has 14 heteroatoms. The van der Waals surface area contributed by atoms with Crippen molar-refractivity contribution in [3.05, 3.63) is 47.3 Å². The molecule has 176 valence electrons. The summed E-state index contributed by atoms with van der Waals surface area (Å²) in [5.41, 5.74) is 0.391. The maximum absolute atomic E-state index is 12.6. The molecule has 3 aromatic rings. The van der Waals surface area contributed by atoms with Crippen molar-refractivity contribution in [2.75, 3.05) is 20.0 Å². The fraction of sp³-hybridized carbons (Fsp3) is 0.211. The number of thiazole rings is 1. The van der Waals surface area contributed by atoms with Crippen molar-refractivity contribution in [2.24, 2.45) is 10.1 Å². The van der Waals surface area contributed by atoms with Gasteiger partial charge in [0.15, 0.2) is 14.6 Å². The van der Waals surface area contributed by atoms with Gasteiger partial charge in [-0.1, -0.05) is 11.3 Å². The lowest BCUT2D eigenvalue weighted by atomic mass is 10.3. The number of primary sulfonamides is 1. The predicted molar refractivity (Wildman–Crippen MR) is 119 cm³/mol. The number of benzene rings is 2. The van der Waals surface area contributed by atoms with Crippen molar-refractivity contribution >= 4 is 53.3 Å². The van der Waals surface area contributed by atoms with Crippen molar-refractivity contribution in [1.29, 1.82) is 0 Å². The summed E-state index contributed by atoms with van der Waals surface area (Å²) >= 11 is 0.898. The Balaban J connectivity index is 2.04. The molecular weight excluding hydrogens is 494 g/mol. The molecular formula is C19H19N3O8S3. The summed E-state index contributed by atoms with van der Waals surface area (Å²) < 4.78 is 59.8. The van der Waals surface area contributed by atoms with Gasteiger partial charge in [0.2, 0.25) is 10.0 Å². The SMILES string of the molecule is COC(=O)Cn1c(=NC(=O)CS(=O)(=O)c2ccc(OC)cc2)sc2cc(S(N)(=O)=O)ccc21. The zero-order valence-electron chi connectivity index (χ0n) is 17.4. The maximum Gasteiger partial charge on any atom is 0.325 e. The second-order valence-electron chi connectivity index (χ2n) is 6.66. The number of carbonyl (C=O) groups is 2. The molecule has 0 radical (unpaired) electrons. The van der Waals surface area contributed by atoms with Gasteiger partial charge in [0.25, 0.3) is 5.91 Å². The normalized spacial score (nSPS) is 12.6. The first-order valence-corrected chi connectivity index (χ1v) is 13.1. The van der Waals surface area contributed by atoms with Crippen LogP contribution in [0.3, 0.4) is 0 Å². The van der Waals surface area contributed by atoms with E-state index >= 15 is 0 Å². The second kappa shape index (κ2) is 9.43. The second-order valence-corrected chi connectivity index (χ2v) is 11.2. The van der Waals surface area contributed by atoms with Crippen molar-refractivity contribution < 1.29 is 35.9 Å². The summed E-state index contributed by atoms with van der Waals surface area (Å²) in [4.78, 5) is 28.0. The molecule has 0 bridgehead atoms. The van der Waals surface area contributed by atoms with E-state index in [2.05, 4.69) is 9.73 Å². The van der Waals surface area contributed by atoms with Crippen LogP contribution in [-0.2, 0) is 40.7 Å². The molecule has 0 aliphatic carbocycles. The Hall–Kier alpha value is -3.07. The van der Waals surface area contributed by atoms with Gasteiger partial charge in [-0.3, -0.25) is 9.59 Å². The molecule has 0 atom stereocenters. The molecule has 0 aliphatic heterocycles. The number of esters is 1. The summed E-state index contributed by atoms with van der Waals surface area (Å²) in [6.45, 7) is -0.331. The number of hydrogen-bond donors (Lipinski definition) is 1. The monoisotopic (exact) mass is 513 g/mol. The van der Waals surface area contributed by atoms with Crippen molar-refractivity contribution in [3.8, 4) is 5.75 Å². The number of rotatable bonds is 7. The van der Waals surface area contributed by atoms with Crippen LogP contribution in [0.15, 0.2) is 57.2 Å². The Bertz CT molecular complexity index is 1500. The number of nitrogens with two attached hydrogens (primary N) is 1.